The molecular weight excluding hydrogens is 284 g/mol. The zero-order valence-corrected chi connectivity index (χ0v) is 13.3. The highest BCUT2D eigenvalue weighted by Crippen LogP contribution is 2.12. The molecule has 0 aliphatic carbocycles. The highest BCUT2D eigenvalue weighted by atomic mass is 16.2. The number of amides is 4. The molecule has 0 unspecified atom stereocenters. The third-order valence-corrected chi connectivity index (χ3v) is 3.19. The lowest BCUT2D eigenvalue weighted by Gasteiger charge is -2.19. The lowest BCUT2D eigenvalue weighted by atomic mass is 10.1. The van der Waals surface area contributed by atoms with Crippen molar-refractivity contribution in [1.29, 1.82) is 0 Å². The molecule has 0 atom stereocenters. The van der Waals surface area contributed by atoms with Gasteiger partial charge in [0.15, 0.2) is 0 Å². The molecule has 118 valence electrons. The molecule has 6 heteroatoms. The Morgan fingerprint density at radius 3 is 1.32 bits per heavy atom. The molecule has 4 amide bonds. The molecule has 0 aliphatic rings. The summed E-state index contributed by atoms with van der Waals surface area (Å²) in [6, 6.07) is 7.11. The number of carbonyl (C=O) groups is 4. The second-order valence-corrected chi connectivity index (χ2v) is 5.07. The zero-order valence-electron chi connectivity index (χ0n) is 13.3. The van der Waals surface area contributed by atoms with E-state index in [1.807, 2.05) is 0 Å². The van der Waals surface area contributed by atoms with E-state index in [1.54, 1.807) is 24.3 Å². The molecule has 0 heterocycles. The van der Waals surface area contributed by atoms with E-state index in [2.05, 4.69) is 0 Å². The van der Waals surface area contributed by atoms with Gasteiger partial charge < -0.3 is 0 Å². The van der Waals surface area contributed by atoms with Gasteiger partial charge in [-0.05, 0) is 11.1 Å². The van der Waals surface area contributed by atoms with E-state index in [0.717, 1.165) is 20.9 Å². The summed E-state index contributed by atoms with van der Waals surface area (Å²) >= 11 is 0. The van der Waals surface area contributed by atoms with Crippen molar-refractivity contribution in [3.05, 3.63) is 35.4 Å². The van der Waals surface area contributed by atoms with Crippen LogP contribution in [0.3, 0.4) is 0 Å². The molecule has 0 saturated heterocycles. The Labute approximate surface area is 129 Å². The summed E-state index contributed by atoms with van der Waals surface area (Å²) in [6.45, 7) is 5.66. The Morgan fingerprint density at radius 2 is 1.05 bits per heavy atom. The number of carbonyl (C=O) groups excluding carboxylic acids is 4. The van der Waals surface area contributed by atoms with Crippen molar-refractivity contribution >= 4 is 23.6 Å². The molecule has 0 spiro atoms. The van der Waals surface area contributed by atoms with Crippen molar-refractivity contribution in [3.8, 4) is 0 Å². The molecule has 6 nitrogen and oxygen atoms in total. The number of benzene rings is 1. The van der Waals surface area contributed by atoms with Gasteiger partial charge in [-0.25, -0.2) is 0 Å². The molecule has 0 fully saturated rings. The van der Waals surface area contributed by atoms with Crippen molar-refractivity contribution in [2.45, 2.75) is 40.8 Å². The average Bonchev–Trinajstić information content (AvgIpc) is 2.41. The number of imide groups is 2. The Balaban J connectivity index is 2.94. The van der Waals surface area contributed by atoms with Crippen LogP contribution in [0.4, 0.5) is 0 Å². The first-order valence-electron chi connectivity index (χ1n) is 6.87. The topological polar surface area (TPSA) is 74.8 Å². The van der Waals surface area contributed by atoms with Crippen molar-refractivity contribution in [1.82, 2.24) is 9.80 Å². The molecule has 1 aromatic carbocycles. The molecule has 22 heavy (non-hydrogen) atoms. The summed E-state index contributed by atoms with van der Waals surface area (Å²) in [7, 11) is 0. The first kappa shape index (κ1) is 17.6. The fourth-order valence-corrected chi connectivity index (χ4v) is 2.08. The minimum absolute atomic E-state index is 0.165. The predicted octanol–water partition coefficient (Wildman–Crippen LogP) is 1.48. The van der Waals surface area contributed by atoms with Gasteiger partial charge in [-0.1, -0.05) is 24.3 Å². The van der Waals surface area contributed by atoms with Gasteiger partial charge in [0.1, 0.15) is 0 Å². The molecular formula is C16H20N2O4. The van der Waals surface area contributed by atoms with Crippen LogP contribution in [0.15, 0.2) is 24.3 Å². The van der Waals surface area contributed by atoms with Crippen molar-refractivity contribution in [2.24, 2.45) is 0 Å². The van der Waals surface area contributed by atoms with Crippen LogP contribution >= 0.6 is 0 Å². The third-order valence-electron chi connectivity index (χ3n) is 3.19. The van der Waals surface area contributed by atoms with E-state index in [4.69, 9.17) is 0 Å². The maximum Gasteiger partial charge on any atom is 0.226 e. The Kier molecular flexibility index (Phi) is 5.98. The fraction of sp³-hybridized carbons (Fsp3) is 0.375. The first-order valence-corrected chi connectivity index (χ1v) is 6.87. The van der Waals surface area contributed by atoms with E-state index < -0.39 is 0 Å². The maximum atomic E-state index is 11.4. The molecule has 0 aromatic heterocycles. The number of rotatable bonds is 4. The lowest BCUT2D eigenvalue weighted by molar-refractivity contribution is -0.144. The van der Waals surface area contributed by atoms with Crippen LogP contribution in [-0.4, -0.2) is 33.4 Å². The standard InChI is InChI=1S/C16H20N2O4/c1-11(19)17(12(2)20)9-15-6-5-7-16(8-15)10-18(13(3)21)14(4)22/h5-8H,9-10H2,1-4H3. The summed E-state index contributed by atoms with van der Waals surface area (Å²) in [4.78, 5) is 48.0. The van der Waals surface area contributed by atoms with E-state index >= 15 is 0 Å². The van der Waals surface area contributed by atoms with Crippen LogP contribution in [0.1, 0.15) is 38.8 Å². The zero-order chi connectivity index (χ0) is 16.9. The quantitative estimate of drug-likeness (QED) is 0.844. The van der Waals surface area contributed by atoms with Crippen LogP contribution in [0.5, 0.6) is 0 Å². The molecule has 0 aliphatic heterocycles. The minimum Gasteiger partial charge on any atom is -0.279 e. The monoisotopic (exact) mass is 304 g/mol. The summed E-state index contributed by atoms with van der Waals surface area (Å²) in [6.07, 6.45) is 0. The Bertz CT molecular complexity index is 533. The van der Waals surface area contributed by atoms with Crippen LogP contribution in [0.25, 0.3) is 0 Å². The molecule has 0 N–H and O–H groups in total. The molecule has 1 aromatic rings. The number of hydrogen-bond acceptors (Lipinski definition) is 4. The van der Waals surface area contributed by atoms with Gasteiger partial charge in [0.05, 0.1) is 13.1 Å². The summed E-state index contributed by atoms with van der Waals surface area (Å²) in [5.41, 5.74) is 1.52. The Hall–Kier alpha value is -2.50. The number of hydrogen-bond donors (Lipinski definition) is 0. The van der Waals surface area contributed by atoms with E-state index in [9.17, 15) is 19.2 Å². The summed E-state index contributed by atoms with van der Waals surface area (Å²) < 4.78 is 0. The van der Waals surface area contributed by atoms with Gasteiger partial charge >= 0.3 is 0 Å². The molecule has 0 radical (unpaired) electrons. The van der Waals surface area contributed by atoms with E-state index in [1.165, 1.54) is 27.7 Å². The van der Waals surface area contributed by atoms with E-state index in [0.29, 0.717) is 0 Å². The normalized spacial score (nSPS) is 10.0. The van der Waals surface area contributed by atoms with Crippen molar-refractivity contribution in [2.75, 3.05) is 0 Å². The Morgan fingerprint density at radius 1 is 0.727 bits per heavy atom. The smallest absolute Gasteiger partial charge is 0.226 e. The lowest BCUT2D eigenvalue weighted by Crippen LogP contribution is -2.33. The largest absolute Gasteiger partial charge is 0.279 e. The summed E-state index contributed by atoms with van der Waals surface area (Å²) in [5, 5.41) is 0. The third kappa shape index (κ3) is 4.80. The first-order chi connectivity index (χ1) is 10.2. The van der Waals surface area contributed by atoms with Crippen LogP contribution in [0, 0.1) is 0 Å². The van der Waals surface area contributed by atoms with Crippen LogP contribution < -0.4 is 0 Å². The maximum absolute atomic E-state index is 11.4. The van der Waals surface area contributed by atoms with Gasteiger partial charge in [-0.2, -0.15) is 0 Å². The fourth-order valence-electron chi connectivity index (χ4n) is 2.08. The summed E-state index contributed by atoms with van der Waals surface area (Å²) in [5.74, 6) is -1.31. The van der Waals surface area contributed by atoms with Gasteiger partial charge in [0.2, 0.25) is 23.6 Å². The average molecular weight is 304 g/mol. The SMILES string of the molecule is CC(=O)N(Cc1cccc(CN(C(C)=O)C(C)=O)c1)C(C)=O. The second-order valence-electron chi connectivity index (χ2n) is 5.07. The van der Waals surface area contributed by atoms with Gasteiger partial charge in [0.25, 0.3) is 0 Å². The predicted molar refractivity (Wildman–Crippen MR) is 80.3 cm³/mol. The highest BCUT2D eigenvalue weighted by molar-refractivity contribution is 5.93. The molecule has 1 rings (SSSR count). The molecule has 0 saturated carbocycles. The van der Waals surface area contributed by atoms with E-state index in [-0.39, 0.29) is 36.7 Å². The van der Waals surface area contributed by atoms with Gasteiger partial charge in [-0.15, -0.1) is 0 Å². The van der Waals surface area contributed by atoms with Gasteiger partial charge in [0, 0.05) is 27.7 Å². The van der Waals surface area contributed by atoms with Crippen LogP contribution in [-0.2, 0) is 32.3 Å². The van der Waals surface area contributed by atoms with Gasteiger partial charge in [-0.3, -0.25) is 29.0 Å². The highest BCUT2D eigenvalue weighted by Gasteiger charge is 2.16. The van der Waals surface area contributed by atoms with Crippen molar-refractivity contribution < 1.29 is 19.2 Å². The minimum atomic E-state index is -0.327. The van der Waals surface area contributed by atoms with Crippen LogP contribution in [0.2, 0.25) is 0 Å². The number of nitrogens with zero attached hydrogens (tertiary/aromatic N) is 2. The second kappa shape index (κ2) is 7.49. The molecule has 0 bridgehead atoms. The van der Waals surface area contributed by atoms with Crippen molar-refractivity contribution in [3.63, 3.8) is 0 Å².